The van der Waals surface area contributed by atoms with Crippen molar-refractivity contribution < 1.29 is 17.9 Å². The van der Waals surface area contributed by atoms with Crippen LogP contribution in [0.3, 0.4) is 0 Å². The Morgan fingerprint density at radius 1 is 1.27 bits per heavy atom. The van der Waals surface area contributed by atoms with Crippen molar-refractivity contribution in [3.05, 3.63) is 16.3 Å². The first-order valence-electron chi connectivity index (χ1n) is 7.44. The highest BCUT2D eigenvalue weighted by molar-refractivity contribution is 7.89. The van der Waals surface area contributed by atoms with Crippen LogP contribution in [0, 0.1) is 11.8 Å². The molecule has 1 unspecified atom stereocenters. The Kier molecular flexibility index (Phi) is 4.54. The molecule has 3 heterocycles. The van der Waals surface area contributed by atoms with Crippen LogP contribution in [0.15, 0.2) is 16.3 Å². The molecule has 2 aliphatic heterocycles. The van der Waals surface area contributed by atoms with Crippen molar-refractivity contribution in [3.63, 3.8) is 0 Å². The number of likely N-dealkylation sites (tertiary alicyclic amines) is 1. The van der Waals surface area contributed by atoms with Crippen LogP contribution in [0.4, 0.5) is 0 Å². The van der Waals surface area contributed by atoms with Crippen LogP contribution in [0.25, 0.3) is 0 Å². The third kappa shape index (κ3) is 3.19. The van der Waals surface area contributed by atoms with E-state index < -0.39 is 10.0 Å². The molecule has 2 N–H and O–H groups in total. The maximum atomic E-state index is 12.6. The van der Waals surface area contributed by atoms with Crippen molar-refractivity contribution in [2.45, 2.75) is 24.2 Å². The number of nitrogens with zero attached hydrogens (tertiary/aromatic N) is 1. The molecule has 1 atom stereocenters. The highest BCUT2D eigenvalue weighted by atomic mass is 32.2. The average Bonchev–Trinajstić information content (AvgIpc) is 3.16. The van der Waals surface area contributed by atoms with E-state index in [9.17, 15) is 13.2 Å². The molecule has 0 radical (unpaired) electrons. The van der Waals surface area contributed by atoms with Gasteiger partial charge < -0.3 is 9.64 Å². The highest BCUT2D eigenvalue weighted by Gasteiger charge is 2.34. The van der Waals surface area contributed by atoms with E-state index in [0.717, 1.165) is 43.8 Å². The van der Waals surface area contributed by atoms with Crippen LogP contribution in [-0.2, 0) is 14.8 Å². The number of hydrogen-bond donors (Lipinski definition) is 1. The number of carbonyl (C=O) groups is 1. The molecule has 1 amide bonds. The topological polar surface area (TPSA) is 89.7 Å². The Hall–Kier alpha value is -0.960. The molecule has 2 fully saturated rings. The van der Waals surface area contributed by atoms with Gasteiger partial charge in [0.1, 0.15) is 9.77 Å². The fourth-order valence-electron chi connectivity index (χ4n) is 3.36. The van der Waals surface area contributed by atoms with E-state index in [2.05, 4.69) is 0 Å². The molecular weight excluding hydrogens is 324 g/mol. The van der Waals surface area contributed by atoms with Crippen molar-refractivity contribution in [2.24, 2.45) is 17.0 Å². The van der Waals surface area contributed by atoms with Crippen LogP contribution >= 0.6 is 11.3 Å². The number of primary sulfonamides is 1. The molecular formula is C14H20N2O4S2. The van der Waals surface area contributed by atoms with Gasteiger partial charge in [0.05, 0.1) is 0 Å². The summed E-state index contributed by atoms with van der Waals surface area (Å²) in [7, 11) is -3.85. The number of carbonyl (C=O) groups excluding carboxylic acids is 1. The van der Waals surface area contributed by atoms with Crippen LogP contribution in [0.2, 0.25) is 0 Å². The van der Waals surface area contributed by atoms with Gasteiger partial charge in [0.2, 0.25) is 10.0 Å². The van der Waals surface area contributed by atoms with Gasteiger partial charge in [0, 0.05) is 26.3 Å². The van der Waals surface area contributed by atoms with Gasteiger partial charge in [0.15, 0.2) is 0 Å². The lowest BCUT2D eigenvalue weighted by molar-refractivity contribution is 0.0471. The van der Waals surface area contributed by atoms with Crippen LogP contribution < -0.4 is 5.14 Å². The fourth-order valence-corrected chi connectivity index (χ4v) is 5.30. The second kappa shape index (κ2) is 6.27. The van der Waals surface area contributed by atoms with Gasteiger partial charge in [0.25, 0.3) is 5.91 Å². The van der Waals surface area contributed by atoms with Crippen LogP contribution in [0.1, 0.15) is 28.9 Å². The molecule has 1 aromatic rings. The zero-order valence-corrected chi connectivity index (χ0v) is 13.9. The lowest BCUT2D eigenvalue weighted by Gasteiger charge is -2.27. The van der Waals surface area contributed by atoms with Gasteiger partial charge in [-0.2, -0.15) is 0 Å². The zero-order chi connectivity index (χ0) is 15.7. The van der Waals surface area contributed by atoms with Gasteiger partial charge in [-0.1, -0.05) is 0 Å². The SMILES string of the molecule is NS(=O)(=O)c1ccsc1C(=O)N1CCC(C2CCOCC2)C1. The minimum absolute atomic E-state index is 0.0583. The largest absolute Gasteiger partial charge is 0.381 e. The van der Waals surface area contributed by atoms with E-state index in [-0.39, 0.29) is 15.7 Å². The minimum Gasteiger partial charge on any atom is -0.381 e. The summed E-state index contributed by atoms with van der Waals surface area (Å²) in [6.07, 6.45) is 3.08. The average molecular weight is 344 g/mol. The van der Waals surface area contributed by atoms with E-state index >= 15 is 0 Å². The molecule has 6 nitrogen and oxygen atoms in total. The van der Waals surface area contributed by atoms with E-state index in [1.807, 2.05) is 0 Å². The summed E-state index contributed by atoms with van der Waals surface area (Å²) in [4.78, 5) is 14.5. The normalized spacial score (nSPS) is 23.9. The summed E-state index contributed by atoms with van der Waals surface area (Å²) in [6.45, 7) is 2.99. The van der Waals surface area contributed by atoms with Crippen LogP contribution in [0.5, 0.6) is 0 Å². The second-order valence-corrected chi connectivity index (χ2v) is 8.35. The van der Waals surface area contributed by atoms with Crippen molar-refractivity contribution in [3.8, 4) is 0 Å². The van der Waals surface area contributed by atoms with Gasteiger partial charge >= 0.3 is 0 Å². The number of amides is 1. The fraction of sp³-hybridized carbons (Fsp3) is 0.643. The molecule has 8 heteroatoms. The number of nitrogens with two attached hydrogens (primary N) is 1. The molecule has 122 valence electrons. The Labute approximate surface area is 134 Å². The first-order valence-corrected chi connectivity index (χ1v) is 9.86. The molecule has 0 saturated carbocycles. The molecule has 1 aromatic heterocycles. The lowest BCUT2D eigenvalue weighted by atomic mass is 9.85. The first-order chi connectivity index (χ1) is 10.5. The van der Waals surface area contributed by atoms with Crippen molar-refractivity contribution in [1.82, 2.24) is 4.90 Å². The quantitative estimate of drug-likeness (QED) is 0.894. The summed E-state index contributed by atoms with van der Waals surface area (Å²) >= 11 is 1.14. The van der Waals surface area contributed by atoms with Gasteiger partial charge in [-0.15, -0.1) is 11.3 Å². The summed E-state index contributed by atoms with van der Waals surface area (Å²) in [5.74, 6) is 0.881. The second-order valence-electron chi connectivity index (χ2n) is 5.91. The predicted molar refractivity (Wildman–Crippen MR) is 83.2 cm³/mol. The maximum absolute atomic E-state index is 12.6. The molecule has 2 saturated heterocycles. The predicted octanol–water partition coefficient (Wildman–Crippen LogP) is 1.28. The van der Waals surface area contributed by atoms with Crippen molar-refractivity contribution >= 4 is 27.3 Å². The van der Waals surface area contributed by atoms with E-state index in [0.29, 0.717) is 24.9 Å². The molecule has 0 aliphatic carbocycles. The molecule has 0 bridgehead atoms. The third-order valence-corrected chi connectivity index (χ3v) is 6.56. The summed E-state index contributed by atoms with van der Waals surface area (Å²) < 4.78 is 28.5. The Bertz CT molecular complexity index is 650. The summed E-state index contributed by atoms with van der Waals surface area (Å²) in [5.41, 5.74) is 0. The zero-order valence-electron chi connectivity index (χ0n) is 12.2. The highest BCUT2D eigenvalue weighted by Crippen LogP contribution is 2.33. The summed E-state index contributed by atoms with van der Waals surface area (Å²) in [5, 5.41) is 6.77. The minimum atomic E-state index is -3.85. The van der Waals surface area contributed by atoms with Gasteiger partial charge in [-0.05, 0) is 42.5 Å². The van der Waals surface area contributed by atoms with Crippen molar-refractivity contribution in [1.29, 1.82) is 0 Å². The summed E-state index contributed by atoms with van der Waals surface area (Å²) in [6, 6.07) is 1.40. The molecule has 22 heavy (non-hydrogen) atoms. The van der Waals surface area contributed by atoms with Gasteiger partial charge in [-0.25, -0.2) is 13.6 Å². The monoisotopic (exact) mass is 344 g/mol. The van der Waals surface area contributed by atoms with Crippen molar-refractivity contribution in [2.75, 3.05) is 26.3 Å². The third-order valence-electron chi connectivity index (χ3n) is 4.57. The van der Waals surface area contributed by atoms with Crippen LogP contribution in [-0.4, -0.2) is 45.5 Å². The van der Waals surface area contributed by atoms with E-state index in [4.69, 9.17) is 9.88 Å². The number of ether oxygens (including phenoxy) is 1. The Morgan fingerprint density at radius 3 is 2.68 bits per heavy atom. The molecule has 0 spiro atoms. The maximum Gasteiger partial charge on any atom is 0.265 e. The molecule has 2 aliphatic rings. The lowest BCUT2D eigenvalue weighted by Crippen LogP contribution is -2.31. The number of rotatable bonds is 3. The molecule has 3 rings (SSSR count). The first kappa shape index (κ1) is 15.9. The number of sulfonamides is 1. The van der Waals surface area contributed by atoms with E-state index in [1.165, 1.54) is 6.07 Å². The smallest absolute Gasteiger partial charge is 0.265 e. The standard InChI is InChI=1S/C14H20N2O4S2/c15-22(18,19)12-4-8-21-13(12)14(17)16-5-1-11(9-16)10-2-6-20-7-3-10/h4,8,10-11H,1-3,5-7,9H2,(H2,15,18,19). The number of thiophene rings is 1. The number of hydrogen-bond acceptors (Lipinski definition) is 5. The van der Waals surface area contributed by atoms with Gasteiger partial charge in [-0.3, -0.25) is 4.79 Å². The van der Waals surface area contributed by atoms with E-state index in [1.54, 1.807) is 10.3 Å². The Balaban J connectivity index is 1.71. The molecule has 0 aromatic carbocycles. The Morgan fingerprint density at radius 2 is 2.00 bits per heavy atom.